The smallest absolute Gasteiger partial charge is 0.123 e. The zero-order chi connectivity index (χ0) is 14.8. The van der Waals surface area contributed by atoms with Gasteiger partial charge in [-0.3, -0.25) is 4.90 Å². The Balaban J connectivity index is 1.76. The Morgan fingerprint density at radius 3 is 2.57 bits per heavy atom. The van der Waals surface area contributed by atoms with Crippen LogP contribution in [0.5, 0.6) is 0 Å². The third kappa shape index (κ3) is 2.99. The fourth-order valence-corrected chi connectivity index (χ4v) is 3.21. The van der Waals surface area contributed by atoms with Gasteiger partial charge in [-0.15, -0.1) is 0 Å². The molecule has 3 rings (SSSR count). The van der Waals surface area contributed by atoms with Gasteiger partial charge in [0.2, 0.25) is 0 Å². The first-order valence-electron chi connectivity index (χ1n) is 7.45. The minimum atomic E-state index is -0.178. The summed E-state index contributed by atoms with van der Waals surface area (Å²) in [6.45, 7) is 3.88. The fraction of sp³-hybridized carbons (Fsp3) is 0.333. The normalized spacial score (nSPS) is 24.1. The van der Waals surface area contributed by atoms with E-state index in [0.29, 0.717) is 5.92 Å². The summed E-state index contributed by atoms with van der Waals surface area (Å²) in [6.07, 6.45) is 0. The number of hydrogen-bond donors (Lipinski definition) is 1. The molecule has 110 valence electrons. The van der Waals surface area contributed by atoms with E-state index in [-0.39, 0.29) is 17.9 Å². The van der Waals surface area contributed by atoms with Crippen LogP contribution in [-0.4, -0.2) is 24.0 Å². The third-order valence-corrected chi connectivity index (χ3v) is 4.50. The molecule has 0 saturated carbocycles. The van der Waals surface area contributed by atoms with E-state index in [1.807, 2.05) is 12.1 Å². The van der Waals surface area contributed by atoms with Crippen molar-refractivity contribution in [1.29, 1.82) is 0 Å². The number of hydrogen-bond acceptors (Lipinski definition) is 2. The summed E-state index contributed by atoms with van der Waals surface area (Å²) in [5, 5.41) is 0. The number of nitrogens with two attached hydrogens (primary N) is 1. The predicted octanol–water partition coefficient (Wildman–Crippen LogP) is 3.31. The van der Waals surface area contributed by atoms with Crippen LogP contribution in [0, 0.1) is 5.82 Å². The maximum atomic E-state index is 13.4. The third-order valence-electron chi connectivity index (χ3n) is 4.50. The topological polar surface area (TPSA) is 29.3 Å². The molecule has 1 aliphatic heterocycles. The van der Waals surface area contributed by atoms with Gasteiger partial charge >= 0.3 is 0 Å². The maximum Gasteiger partial charge on any atom is 0.123 e. The zero-order valence-corrected chi connectivity index (χ0v) is 12.2. The van der Waals surface area contributed by atoms with Gasteiger partial charge in [-0.1, -0.05) is 42.5 Å². The highest BCUT2D eigenvalue weighted by Gasteiger charge is 2.33. The number of benzene rings is 2. The largest absolute Gasteiger partial charge is 0.326 e. The molecule has 1 unspecified atom stereocenters. The maximum absolute atomic E-state index is 13.4. The zero-order valence-electron chi connectivity index (χ0n) is 12.2. The molecule has 0 radical (unpaired) electrons. The van der Waals surface area contributed by atoms with Crippen LogP contribution in [0.25, 0.3) is 0 Å². The molecular weight excluding hydrogens is 263 g/mol. The Bertz CT molecular complexity index is 599. The minimum absolute atomic E-state index is 0.128. The first-order chi connectivity index (χ1) is 10.1. The van der Waals surface area contributed by atoms with E-state index < -0.39 is 0 Å². The summed E-state index contributed by atoms with van der Waals surface area (Å²) in [5.74, 6) is 0.171. The second-order valence-electron chi connectivity index (χ2n) is 5.87. The summed E-state index contributed by atoms with van der Waals surface area (Å²) >= 11 is 0. The van der Waals surface area contributed by atoms with Gasteiger partial charge in [-0.05, 0) is 30.2 Å². The van der Waals surface area contributed by atoms with Crippen LogP contribution >= 0.6 is 0 Å². The average Bonchev–Trinajstić information content (AvgIpc) is 2.89. The predicted molar refractivity (Wildman–Crippen MR) is 83.5 cm³/mol. The molecule has 0 bridgehead atoms. The van der Waals surface area contributed by atoms with Crippen LogP contribution in [0.2, 0.25) is 0 Å². The van der Waals surface area contributed by atoms with Crippen molar-refractivity contribution in [3.63, 3.8) is 0 Å². The number of likely N-dealkylation sites (tertiary alicyclic amines) is 1. The fourth-order valence-electron chi connectivity index (χ4n) is 3.21. The van der Waals surface area contributed by atoms with Crippen LogP contribution in [0.15, 0.2) is 54.6 Å². The second kappa shape index (κ2) is 5.96. The van der Waals surface area contributed by atoms with Crippen molar-refractivity contribution in [1.82, 2.24) is 4.90 Å². The van der Waals surface area contributed by atoms with E-state index in [2.05, 4.69) is 36.1 Å². The Kier molecular flexibility index (Phi) is 4.04. The monoisotopic (exact) mass is 284 g/mol. The Labute approximate surface area is 125 Å². The highest BCUT2D eigenvalue weighted by molar-refractivity contribution is 5.25. The number of rotatable bonds is 3. The lowest BCUT2D eigenvalue weighted by Crippen LogP contribution is -2.30. The minimum Gasteiger partial charge on any atom is -0.326 e. The lowest BCUT2D eigenvalue weighted by Gasteiger charge is -2.24. The molecule has 2 aromatic rings. The Morgan fingerprint density at radius 2 is 1.86 bits per heavy atom. The van der Waals surface area contributed by atoms with Gasteiger partial charge in [0, 0.05) is 31.1 Å². The van der Waals surface area contributed by atoms with E-state index in [9.17, 15) is 4.39 Å². The van der Waals surface area contributed by atoms with Crippen LogP contribution in [0.1, 0.15) is 30.0 Å². The number of halogens is 1. The van der Waals surface area contributed by atoms with Gasteiger partial charge in [0.15, 0.2) is 0 Å². The summed E-state index contributed by atoms with van der Waals surface area (Å²) in [7, 11) is 0. The van der Waals surface area contributed by atoms with Gasteiger partial charge in [-0.25, -0.2) is 4.39 Å². The van der Waals surface area contributed by atoms with E-state index in [1.54, 1.807) is 12.1 Å². The molecule has 2 N–H and O–H groups in total. The molecule has 1 fully saturated rings. The molecular formula is C18H21FN2. The van der Waals surface area contributed by atoms with Gasteiger partial charge in [0.05, 0.1) is 0 Å². The highest BCUT2D eigenvalue weighted by atomic mass is 19.1. The standard InChI is InChI=1S/C18H21FN2/c1-13(15-8-5-9-16(19)10-15)21-11-17(18(20)12-21)14-6-3-2-4-7-14/h2-10,13,17-18H,11-12,20H2,1H3/t13?,17-,18+/m0/s1. The Morgan fingerprint density at radius 1 is 1.10 bits per heavy atom. The molecule has 2 aromatic carbocycles. The van der Waals surface area contributed by atoms with E-state index in [1.165, 1.54) is 11.6 Å². The van der Waals surface area contributed by atoms with Gasteiger partial charge in [0.25, 0.3) is 0 Å². The number of nitrogens with zero attached hydrogens (tertiary/aromatic N) is 1. The van der Waals surface area contributed by atoms with Crippen molar-refractivity contribution in [2.24, 2.45) is 5.73 Å². The summed E-state index contributed by atoms with van der Waals surface area (Å²) in [5.41, 5.74) is 8.63. The summed E-state index contributed by atoms with van der Waals surface area (Å²) < 4.78 is 13.4. The molecule has 0 amide bonds. The van der Waals surface area contributed by atoms with E-state index in [0.717, 1.165) is 18.7 Å². The summed E-state index contributed by atoms with van der Waals surface area (Å²) in [4.78, 5) is 2.34. The van der Waals surface area contributed by atoms with Crippen LogP contribution < -0.4 is 5.73 Å². The Hall–Kier alpha value is -1.71. The molecule has 3 heteroatoms. The van der Waals surface area contributed by atoms with Crippen molar-refractivity contribution < 1.29 is 4.39 Å². The van der Waals surface area contributed by atoms with Gasteiger partial charge in [-0.2, -0.15) is 0 Å². The quantitative estimate of drug-likeness (QED) is 0.937. The highest BCUT2D eigenvalue weighted by Crippen LogP contribution is 2.32. The molecule has 0 aromatic heterocycles. The lowest BCUT2D eigenvalue weighted by molar-refractivity contribution is 0.257. The molecule has 3 atom stereocenters. The molecule has 0 aliphatic carbocycles. The molecule has 1 heterocycles. The van der Waals surface area contributed by atoms with Crippen LogP contribution in [-0.2, 0) is 0 Å². The molecule has 2 nitrogen and oxygen atoms in total. The van der Waals surface area contributed by atoms with Crippen molar-refractivity contribution in [2.75, 3.05) is 13.1 Å². The van der Waals surface area contributed by atoms with E-state index >= 15 is 0 Å². The van der Waals surface area contributed by atoms with Crippen LogP contribution in [0.3, 0.4) is 0 Å². The van der Waals surface area contributed by atoms with Crippen LogP contribution in [0.4, 0.5) is 4.39 Å². The van der Waals surface area contributed by atoms with Gasteiger partial charge in [0.1, 0.15) is 5.82 Å². The molecule has 21 heavy (non-hydrogen) atoms. The first-order valence-corrected chi connectivity index (χ1v) is 7.45. The average molecular weight is 284 g/mol. The van der Waals surface area contributed by atoms with Gasteiger partial charge < -0.3 is 5.73 Å². The lowest BCUT2D eigenvalue weighted by atomic mass is 9.95. The van der Waals surface area contributed by atoms with Crippen molar-refractivity contribution in [2.45, 2.75) is 24.9 Å². The van der Waals surface area contributed by atoms with E-state index in [4.69, 9.17) is 5.73 Å². The SMILES string of the molecule is CC(c1cccc(F)c1)N1C[C@@H](N)[C@H](c2ccccc2)C1. The van der Waals surface area contributed by atoms with Crippen molar-refractivity contribution >= 4 is 0 Å². The second-order valence-corrected chi connectivity index (χ2v) is 5.87. The van der Waals surface area contributed by atoms with Crippen molar-refractivity contribution in [3.8, 4) is 0 Å². The molecule has 0 spiro atoms. The molecule has 1 saturated heterocycles. The first kappa shape index (κ1) is 14.2. The molecule has 1 aliphatic rings. The summed E-state index contributed by atoms with van der Waals surface area (Å²) in [6, 6.07) is 17.6. The van der Waals surface area contributed by atoms with Crippen molar-refractivity contribution in [3.05, 3.63) is 71.5 Å².